The molecule has 0 radical (unpaired) electrons. The Kier molecular flexibility index (Phi) is 5.18. The van der Waals surface area contributed by atoms with Crippen LogP contribution < -0.4 is 0 Å². The van der Waals surface area contributed by atoms with Crippen LogP contribution in [0.15, 0.2) is 35.7 Å². The fourth-order valence-electron chi connectivity index (χ4n) is 4.30. The molecule has 146 valence electrons. The lowest BCUT2D eigenvalue weighted by Gasteiger charge is -2.24. The molecular weight excluding hydrogens is 358 g/mol. The molecule has 1 aliphatic carbocycles. The molecule has 0 spiro atoms. The molecule has 4 rings (SSSR count). The van der Waals surface area contributed by atoms with Gasteiger partial charge < -0.3 is 0 Å². The number of benzene rings is 2. The number of fused-ring (bicyclic) bond motifs is 1. The quantitative estimate of drug-likeness (QED) is 0.462. The summed E-state index contributed by atoms with van der Waals surface area (Å²) in [6, 6.07) is 11.7. The lowest BCUT2D eigenvalue weighted by Crippen LogP contribution is -2.15. The lowest BCUT2D eigenvalue weighted by molar-refractivity contribution is 0.583. The van der Waals surface area contributed by atoms with Gasteiger partial charge in [-0.05, 0) is 84.4 Å². The fourth-order valence-corrected chi connectivity index (χ4v) is 5.13. The first-order chi connectivity index (χ1) is 13.3. The van der Waals surface area contributed by atoms with Gasteiger partial charge in [-0.25, -0.2) is 4.98 Å². The second kappa shape index (κ2) is 7.48. The van der Waals surface area contributed by atoms with Crippen LogP contribution in [0.25, 0.3) is 11.3 Å². The molecule has 2 aromatic carbocycles. The second-order valence-corrected chi connectivity index (χ2v) is 10.3. The maximum atomic E-state index is 5.02. The van der Waals surface area contributed by atoms with Gasteiger partial charge in [-0.15, -0.1) is 11.3 Å². The van der Waals surface area contributed by atoms with E-state index in [2.05, 4.69) is 70.3 Å². The monoisotopic (exact) mass is 389 g/mol. The first-order valence-electron chi connectivity index (χ1n) is 10.5. The zero-order valence-corrected chi connectivity index (χ0v) is 18.7. The van der Waals surface area contributed by atoms with Crippen molar-refractivity contribution in [2.45, 2.75) is 72.1 Å². The summed E-state index contributed by atoms with van der Waals surface area (Å²) in [5, 5.41) is 3.44. The minimum atomic E-state index is 0.145. The zero-order valence-electron chi connectivity index (χ0n) is 17.9. The molecule has 0 saturated heterocycles. The molecule has 28 heavy (non-hydrogen) atoms. The number of hydrogen-bond acceptors (Lipinski definition) is 2. The highest BCUT2D eigenvalue weighted by Gasteiger charge is 2.20. The van der Waals surface area contributed by atoms with E-state index in [4.69, 9.17) is 4.98 Å². The van der Waals surface area contributed by atoms with Gasteiger partial charge in [0, 0.05) is 17.4 Å². The van der Waals surface area contributed by atoms with Gasteiger partial charge >= 0.3 is 0 Å². The Bertz CT molecular complexity index is 1000. The second-order valence-electron chi connectivity index (χ2n) is 9.34. The highest BCUT2D eigenvalue weighted by Crippen LogP contribution is 2.32. The van der Waals surface area contributed by atoms with Crippen LogP contribution in [0.2, 0.25) is 0 Å². The van der Waals surface area contributed by atoms with Crippen LogP contribution in [0.1, 0.15) is 72.0 Å². The minimum Gasteiger partial charge on any atom is -0.241 e. The molecule has 0 unspecified atom stereocenters. The van der Waals surface area contributed by atoms with Crippen LogP contribution in [0, 0.1) is 13.8 Å². The molecule has 0 fully saturated rings. The van der Waals surface area contributed by atoms with Gasteiger partial charge in [0.2, 0.25) is 0 Å². The molecule has 0 saturated carbocycles. The molecule has 0 bridgehead atoms. The SMILES string of the molecule is Cc1cc(Cc2nc(-c3ccc4c(c3)CCCC4)cs2)c(C(C)(C)C)cc1C. The number of hydrogen-bond donors (Lipinski definition) is 0. The Morgan fingerprint density at radius 2 is 1.64 bits per heavy atom. The molecule has 1 nitrogen and oxygen atoms in total. The van der Waals surface area contributed by atoms with Crippen molar-refractivity contribution in [2.75, 3.05) is 0 Å². The first-order valence-corrected chi connectivity index (χ1v) is 11.4. The standard InChI is InChI=1S/C26H31NS/c1-17-12-22(23(13-18(17)2)26(3,4)5)15-25-27-24(16-28-25)21-11-10-19-8-6-7-9-20(19)14-21/h10-14,16H,6-9,15H2,1-5H3. The van der Waals surface area contributed by atoms with Crippen molar-refractivity contribution in [3.05, 3.63) is 74.1 Å². The van der Waals surface area contributed by atoms with E-state index >= 15 is 0 Å². The third kappa shape index (κ3) is 3.93. The predicted octanol–water partition coefficient (Wildman–Crippen LogP) is 7.19. The van der Waals surface area contributed by atoms with Gasteiger partial charge in [0.25, 0.3) is 0 Å². The van der Waals surface area contributed by atoms with Gasteiger partial charge in [0.05, 0.1) is 10.7 Å². The van der Waals surface area contributed by atoms with Crippen molar-refractivity contribution in [3.63, 3.8) is 0 Å². The topological polar surface area (TPSA) is 12.9 Å². The molecule has 1 heterocycles. The highest BCUT2D eigenvalue weighted by atomic mass is 32.1. The van der Waals surface area contributed by atoms with E-state index in [1.165, 1.54) is 69.6 Å². The van der Waals surface area contributed by atoms with E-state index in [1.807, 2.05) is 0 Å². The van der Waals surface area contributed by atoms with Crippen LogP contribution in [0.3, 0.4) is 0 Å². The molecule has 0 amide bonds. The number of rotatable bonds is 3. The summed E-state index contributed by atoms with van der Waals surface area (Å²) < 4.78 is 0. The fraction of sp³-hybridized carbons (Fsp3) is 0.423. The highest BCUT2D eigenvalue weighted by molar-refractivity contribution is 7.10. The van der Waals surface area contributed by atoms with Crippen molar-refractivity contribution in [3.8, 4) is 11.3 Å². The Morgan fingerprint density at radius 3 is 2.39 bits per heavy atom. The summed E-state index contributed by atoms with van der Waals surface area (Å²) in [4.78, 5) is 5.02. The Hall–Kier alpha value is -1.93. The van der Waals surface area contributed by atoms with Gasteiger partial charge in [-0.2, -0.15) is 0 Å². The van der Waals surface area contributed by atoms with E-state index < -0.39 is 0 Å². The molecule has 1 aliphatic rings. The zero-order chi connectivity index (χ0) is 19.9. The average molecular weight is 390 g/mol. The largest absolute Gasteiger partial charge is 0.241 e. The van der Waals surface area contributed by atoms with Crippen molar-refractivity contribution in [2.24, 2.45) is 0 Å². The number of nitrogens with zero attached hydrogens (tertiary/aromatic N) is 1. The van der Waals surface area contributed by atoms with E-state index in [0.29, 0.717) is 0 Å². The van der Waals surface area contributed by atoms with Crippen LogP contribution in [-0.4, -0.2) is 4.98 Å². The summed E-state index contributed by atoms with van der Waals surface area (Å²) in [6.07, 6.45) is 6.03. The Morgan fingerprint density at radius 1 is 0.929 bits per heavy atom. The van der Waals surface area contributed by atoms with Crippen molar-refractivity contribution < 1.29 is 0 Å². The normalized spacial score (nSPS) is 14.2. The molecule has 3 aromatic rings. The maximum absolute atomic E-state index is 5.02. The average Bonchev–Trinajstić information content (AvgIpc) is 3.12. The molecule has 1 aromatic heterocycles. The van der Waals surface area contributed by atoms with Crippen LogP contribution >= 0.6 is 11.3 Å². The van der Waals surface area contributed by atoms with Crippen molar-refractivity contribution in [1.82, 2.24) is 4.98 Å². The van der Waals surface area contributed by atoms with Gasteiger partial charge in [-0.1, -0.05) is 45.0 Å². The third-order valence-electron chi connectivity index (χ3n) is 6.07. The molecule has 0 N–H and O–H groups in total. The predicted molar refractivity (Wildman–Crippen MR) is 122 cm³/mol. The number of thiazole rings is 1. The van der Waals surface area contributed by atoms with Crippen LogP contribution in [-0.2, 0) is 24.7 Å². The third-order valence-corrected chi connectivity index (χ3v) is 6.91. The smallest absolute Gasteiger partial charge is 0.0976 e. The minimum absolute atomic E-state index is 0.145. The Balaban J connectivity index is 1.63. The van der Waals surface area contributed by atoms with Crippen molar-refractivity contribution >= 4 is 11.3 Å². The van der Waals surface area contributed by atoms with Crippen molar-refractivity contribution in [1.29, 1.82) is 0 Å². The van der Waals surface area contributed by atoms with Crippen LogP contribution in [0.5, 0.6) is 0 Å². The Labute approximate surface area is 173 Å². The van der Waals surface area contributed by atoms with E-state index in [1.54, 1.807) is 11.3 Å². The number of aromatic nitrogens is 1. The first kappa shape index (κ1) is 19.4. The van der Waals surface area contributed by atoms with Crippen LogP contribution in [0.4, 0.5) is 0 Å². The molecule has 2 heteroatoms. The van der Waals surface area contributed by atoms with E-state index in [9.17, 15) is 0 Å². The molecular formula is C26H31NS. The van der Waals surface area contributed by atoms with E-state index in [-0.39, 0.29) is 5.41 Å². The summed E-state index contributed by atoms with van der Waals surface area (Å²) in [5.41, 5.74) is 11.2. The van der Waals surface area contributed by atoms with Gasteiger partial charge in [0.1, 0.15) is 0 Å². The maximum Gasteiger partial charge on any atom is 0.0976 e. The van der Waals surface area contributed by atoms with Gasteiger partial charge in [0.15, 0.2) is 0 Å². The molecule has 0 aliphatic heterocycles. The summed E-state index contributed by atoms with van der Waals surface area (Å²) in [5.74, 6) is 0. The summed E-state index contributed by atoms with van der Waals surface area (Å²) in [7, 11) is 0. The number of aryl methyl sites for hydroxylation is 4. The summed E-state index contributed by atoms with van der Waals surface area (Å²) >= 11 is 1.79. The molecule has 0 atom stereocenters. The van der Waals surface area contributed by atoms with E-state index in [0.717, 1.165) is 12.1 Å². The van der Waals surface area contributed by atoms with Gasteiger partial charge in [-0.3, -0.25) is 0 Å². The lowest BCUT2D eigenvalue weighted by atomic mass is 9.81. The summed E-state index contributed by atoms with van der Waals surface area (Å²) in [6.45, 7) is 11.3.